The lowest BCUT2D eigenvalue weighted by Gasteiger charge is -2.15. The second-order valence-corrected chi connectivity index (χ2v) is 8.82. The van der Waals surface area contributed by atoms with Crippen molar-refractivity contribution in [2.24, 2.45) is 17.8 Å². The van der Waals surface area contributed by atoms with Crippen LogP contribution in [0.4, 0.5) is 0 Å². The fraction of sp³-hybridized carbons (Fsp3) is 0.480. The van der Waals surface area contributed by atoms with Gasteiger partial charge in [-0.1, -0.05) is 41.5 Å². The third-order valence-corrected chi connectivity index (χ3v) is 4.10. The molecule has 0 aliphatic heterocycles. The second kappa shape index (κ2) is 10.9. The Morgan fingerprint density at radius 3 is 1.70 bits per heavy atom. The van der Waals surface area contributed by atoms with E-state index in [4.69, 9.17) is 14.2 Å². The van der Waals surface area contributed by atoms with E-state index < -0.39 is 0 Å². The average Bonchev–Trinajstić information content (AvgIpc) is 2.69. The Morgan fingerprint density at radius 1 is 0.733 bits per heavy atom. The minimum Gasteiger partial charge on any atom is -0.504 e. The molecule has 1 N–H and O–H groups in total. The lowest BCUT2D eigenvalue weighted by atomic mass is 10.0. The van der Waals surface area contributed by atoms with Crippen molar-refractivity contribution in [2.45, 2.75) is 41.5 Å². The van der Waals surface area contributed by atoms with Gasteiger partial charge in [-0.15, -0.1) is 0 Å². The van der Waals surface area contributed by atoms with E-state index in [9.17, 15) is 9.90 Å². The van der Waals surface area contributed by atoms with Crippen molar-refractivity contribution in [3.05, 3.63) is 47.5 Å². The van der Waals surface area contributed by atoms with E-state index in [1.807, 2.05) is 19.9 Å². The highest BCUT2D eigenvalue weighted by atomic mass is 16.5. The Balaban J connectivity index is 2.28. The molecule has 164 valence electrons. The summed E-state index contributed by atoms with van der Waals surface area (Å²) in [5, 5.41) is 10.3. The van der Waals surface area contributed by atoms with Crippen molar-refractivity contribution in [1.29, 1.82) is 0 Å². The highest BCUT2D eigenvalue weighted by Gasteiger charge is 2.16. The van der Waals surface area contributed by atoms with Crippen molar-refractivity contribution in [3.8, 4) is 23.0 Å². The summed E-state index contributed by atoms with van der Waals surface area (Å²) in [5.74, 6) is 2.34. The molecule has 2 rings (SSSR count). The number of benzene rings is 2. The lowest BCUT2D eigenvalue weighted by Crippen LogP contribution is -2.09. The molecule has 0 bridgehead atoms. The number of carbonyl (C=O) groups excluding carboxylic acids is 1. The van der Waals surface area contributed by atoms with Crippen LogP contribution in [0.3, 0.4) is 0 Å². The van der Waals surface area contributed by atoms with Crippen molar-refractivity contribution in [3.63, 3.8) is 0 Å². The van der Waals surface area contributed by atoms with Gasteiger partial charge in [0.05, 0.1) is 19.8 Å². The molecule has 5 heteroatoms. The summed E-state index contributed by atoms with van der Waals surface area (Å²) in [7, 11) is 0. The molecule has 0 amide bonds. The molecule has 0 fully saturated rings. The van der Waals surface area contributed by atoms with Crippen LogP contribution in [0.25, 0.3) is 0 Å². The molecule has 0 saturated carbocycles. The molecule has 0 spiro atoms. The van der Waals surface area contributed by atoms with Crippen LogP contribution in [-0.2, 0) is 0 Å². The zero-order valence-electron chi connectivity index (χ0n) is 18.9. The third kappa shape index (κ3) is 7.29. The molecule has 0 unspecified atom stereocenters. The molecule has 0 atom stereocenters. The van der Waals surface area contributed by atoms with Crippen LogP contribution >= 0.6 is 0 Å². The Morgan fingerprint density at radius 2 is 1.23 bits per heavy atom. The molecule has 30 heavy (non-hydrogen) atoms. The van der Waals surface area contributed by atoms with Gasteiger partial charge in [0.1, 0.15) is 11.5 Å². The second-order valence-electron chi connectivity index (χ2n) is 8.82. The van der Waals surface area contributed by atoms with Crippen molar-refractivity contribution in [2.75, 3.05) is 19.8 Å². The van der Waals surface area contributed by atoms with Gasteiger partial charge in [0.15, 0.2) is 17.3 Å². The molecule has 0 aliphatic rings. The predicted octanol–water partition coefficient (Wildman–Crippen LogP) is 5.73. The fourth-order valence-electron chi connectivity index (χ4n) is 2.60. The van der Waals surface area contributed by atoms with Gasteiger partial charge < -0.3 is 19.3 Å². The third-order valence-electron chi connectivity index (χ3n) is 4.10. The Kier molecular flexibility index (Phi) is 8.58. The number of carbonyl (C=O) groups is 1. The van der Waals surface area contributed by atoms with E-state index in [1.54, 1.807) is 24.3 Å². The van der Waals surface area contributed by atoms with Crippen molar-refractivity contribution >= 4 is 5.78 Å². The van der Waals surface area contributed by atoms with Crippen LogP contribution in [0.15, 0.2) is 36.4 Å². The van der Waals surface area contributed by atoms with Crippen LogP contribution in [0.2, 0.25) is 0 Å². The van der Waals surface area contributed by atoms with Gasteiger partial charge >= 0.3 is 0 Å². The molecular formula is C25H34O5. The van der Waals surface area contributed by atoms with Gasteiger partial charge in [0.2, 0.25) is 0 Å². The number of ether oxygens (including phenoxy) is 3. The fourth-order valence-corrected chi connectivity index (χ4v) is 2.60. The summed E-state index contributed by atoms with van der Waals surface area (Å²) in [4.78, 5) is 13.1. The van der Waals surface area contributed by atoms with Gasteiger partial charge in [0, 0.05) is 17.2 Å². The van der Waals surface area contributed by atoms with Gasteiger partial charge in [-0.25, -0.2) is 0 Å². The summed E-state index contributed by atoms with van der Waals surface area (Å²) in [5.41, 5.74) is 0.825. The SMILES string of the molecule is CC(C)COc1cc(OCC(C)C)cc(C(=O)c2ccc(OCC(C)C)c(O)c2)c1. The number of phenolic OH excluding ortho intramolecular Hbond substituents is 1. The molecule has 2 aromatic carbocycles. The topological polar surface area (TPSA) is 65.0 Å². The first-order valence-corrected chi connectivity index (χ1v) is 10.6. The van der Waals surface area contributed by atoms with E-state index in [-0.39, 0.29) is 11.5 Å². The zero-order valence-corrected chi connectivity index (χ0v) is 18.9. The summed E-state index contributed by atoms with van der Waals surface area (Å²) >= 11 is 0. The maximum Gasteiger partial charge on any atom is 0.193 e. The monoisotopic (exact) mass is 414 g/mol. The van der Waals surface area contributed by atoms with E-state index in [0.717, 1.165) is 0 Å². The average molecular weight is 415 g/mol. The van der Waals surface area contributed by atoms with Crippen LogP contribution in [0.5, 0.6) is 23.0 Å². The Bertz CT molecular complexity index is 809. The summed E-state index contributed by atoms with van der Waals surface area (Å²) in [6, 6.07) is 9.96. The normalized spacial score (nSPS) is 11.2. The van der Waals surface area contributed by atoms with Crippen molar-refractivity contribution in [1.82, 2.24) is 0 Å². The first-order chi connectivity index (χ1) is 14.2. The maximum absolute atomic E-state index is 13.1. The largest absolute Gasteiger partial charge is 0.504 e. The molecule has 2 aromatic rings. The lowest BCUT2D eigenvalue weighted by molar-refractivity contribution is 0.103. The molecule has 0 saturated heterocycles. The number of ketones is 1. The summed E-state index contributed by atoms with van der Waals surface area (Å²) < 4.78 is 17.3. The molecular weight excluding hydrogens is 380 g/mol. The van der Waals surface area contributed by atoms with Crippen LogP contribution in [0.1, 0.15) is 57.5 Å². The molecule has 0 aromatic heterocycles. The quantitative estimate of drug-likeness (QED) is 0.476. The van der Waals surface area contributed by atoms with Gasteiger partial charge in [-0.2, -0.15) is 0 Å². The van der Waals surface area contributed by atoms with Crippen LogP contribution < -0.4 is 14.2 Å². The highest BCUT2D eigenvalue weighted by Crippen LogP contribution is 2.30. The van der Waals surface area contributed by atoms with Crippen LogP contribution in [-0.4, -0.2) is 30.7 Å². The Labute approximate surface area is 180 Å². The maximum atomic E-state index is 13.1. The molecule has 5 nitrogen and oxygen atoms in total. The predicted molar refractivity (Wildman–Crippen MR) is 119 cm³/mol. The number of aromatic hydroxyl groups is 1. The summed E-state index contributed by atoms with van der Waals surface area (Å²) in [6.45, 7) is 13.9. The highest BCUT2D eigenvalue weighted by molar-refractivity contribution is 6.09. The molecule has 0 aliphatic carbocycles. The first-order valence-electron chi connectivity index (χ1n) is 10.6. The smallest absolute Gasteiger partial charge is 0.193 e. The number of hydrogen-bond donors (Lipinski definition) is 1. The first kappa shape index (κ1) is 23.6. The van der Waals surface area contributed by atoms with Gasteiger partial charge in [-0.3, -0.25) is 4.79 Å². The minimum absolute atomic E-state index is 0.0509. The van der Waals surface area contributed by atoms with Crippen LogP contribution in [0, 0.1) is 17.8 Å². The van der Waals surface area contributed by atoms with E-state index in [0.29, 0.717) is 65.9 Å². The van der Waals surface area contributed by atoms with E-state index >= 15 is 0 Å². The standard InChI is InChI=1S/C25H34O5/c1-16(2)13-28-21-9-20(10-22(12-21)29-14-17(3)4)25(27)19-7-8-24(23(26)11-19)30-15-18(5)6/h7-12,16-18,26H,13-15H2,1-6H3. The van der Waals surface area contributed by atoms with E-state index in [1.165, 1.54) is 6.07 Å². The van der Waals surface area contributed by atoms with Gasteiger partial charge in [-0.05, 0) is 48.1 Å². The molecule has 0 heterocycles. The number of rotatable bonds is 11. The Hall–Kier alpha value is -2.69. The van der Waals surface area contributed by atoms with Gasteiger partial charge in [0.25, 0.3) is 0 Å². The van der Waals surface area contributed by atoms with Crippen molar-refractivity contribution < 1.29 is 24.1 Å². The molecule has 0 radical (unpaired) electrons. The summed E-state index contributed by atoms with van der Waals surface area (Å²) in [6.07, 6.45) is 0. The minimum atomic E-state index is -0.217. The zero-order chi connectivity index (χ0) is 22.3. The van der Waals surface area contributed by atoms with E-state index in [2.05, 4.69) is 27.7 Å². The number of hydrogen-bond acceptors (Lipinski definition) is 5. The number of phenols is 1.